The molecule has 118 valence electrons. The molecule has 1 rings (SSSR count). The number of carboxylic acids is 2. The number of hydrogen-bond donors (Lipinski definition) is 2. The molecule has 0 aromatic heterocycles. The number of nitrogens with zero attached hydrogens (tertiary/aromatic N) is 2. The summed E-state index contributed by atoms with van der Waals surface area (Å²) in [5, 5.41) is 38.6. The maximum atomic E-state index is 10.8. The molecule has 0 unspecified atom stereocenters. The SMILES string of the molecule is O=C(O)COc1cc([N+](=O)[O-])c([N+](=O)[O-])cc1OCC(=O)O. The third-order valence-corrected chi connectivity index (χ3v) is 2.14. The molecule has 1 aromatic carbocycles. The number of benzene rings is 1. The first kappa shape index (κ1) is 16.6. The summed E-state index contributed by atoms with van der Waals surface area (Å²) in [7, 11) is 0. The Morgan fingerprint density at radius 1 is 0.909 bits per heavy atom. The molecule has 0 radical (unpaired) electrons. The molecule has 0 atom stereocenters. The lowest BCUT2D eigenvalue weighted by Gasteiger charge is -2.10. The van der Waals surface area contributed by atoms with Gasteiger partial charge in [0, 0.05) is 0 Å². The second-order valence-electron chi connectivity index (χ2n) is 3.67. The fraction of sp³-hybridized carbons (Fsp3) is 0.200. The highest BCUT2D eigenvalue weighted by atomic mass is 16.6. The van der Waals surface area contributed by atoms with Crippen molar-refractivity contribution in [1.82, 2.24) is 0 Å². The van der Waals surface area contributed by atoms with Crippen molar-refractivity contribution in [2.75, 3.05) is 13.2 Å². The van der Waals surface area contributed by atoms with E-state index in [1.54, 1.807) is 0 Å². The van der Waals surface area contributed by atoms with E-state index < -0.39 is 57.9 Å². The van der Waals surface area contributed by atoms with Crippen LogP contribution >= 0.6 is 0 Å². The van der Waals surface area contributed by atoms with Crippen LogP contribution in [-0.4, -0.2) is 45.2 Å². The molecule has 2 N–H and O–H groups in total. The van der Waals surface area contributed by atoms with Crippen molar-refractivity contribution in [3.05, 3.63) is 32.4 Å². The summed E-state index contributed by atoms with van der Waals surface area (Å²) < 4.78 is 9.42. The number of nitro benzene ring substituents is 2. The highest BCUT2D eigenvalue weighted by Gasteiger charge is 2.29. The molecule has 0 heterocycles. The predicted octanol–water partition coefficient (Wildman–Crippen LogP) is 0.430. The standard InChI is InChI=1S/C10H8N2O10/c13-9(14)3-21-7-1-5(11(17)18)6(12(19)20)2-8(7)22-4-10(15)16/h1-2H,3-4H2,(H,13,14)(H,15,16). The maximum absolute atomic E-state index is 10.8. The topological polar surface area (TPSA) is 179 Å². The van der Waals surface area contributed by atoms with E-state index in [9.17, 15) is 29.8 Å². The molecule has 0 aliphatic carbocycles. The van der Waals surface area contributed by atoms with Crippen LogP contribution < -0.4 is 9.47 Å². The van der Waals surface area contributed by atoms with Crippen molar-refractivity contribution in [3.63, 3.8) is 0 Å². The minimum absolute atomic E-state index is 0.499. The van der Waals surface area contributed by atoms with Crippen LogP contribution in [0.2, 0.25) is 0 Å². The molecule has 0 fully saturated rings. The van der Waals surface area contributed by atoms with Crippen LogP contribution in [0.4, 0.5) is 11.4 Å². The van der Waals surface area contributed by atoms with Crippen LogP contribution in [0.25, 0.3) is 0 Å². The van der Waals surface area contributed by atoms with Crippen LogP contribution in [0.15, 0.2) is 12.1 Å². The highest BCUT2D eigenvalue weighted by Crippen LogP contribution is 2.39. The smallest absolute Gasteiger partial charge is 0.350 e. The monoisotopic (exact) mass is 316 g/mol. The van der Waals surface area contributed by atoms with Gasteiger partial charge in [-0.05, 0) is 0 Å². The zero-order valence-corrected chi connectivity index (χ0v) is 10.6. The van der Waals surface area contributed by atoms with Crippen LogP contribution in [0.1, 0.15) is 0 Å². The summed E-state index contributed by atoms with van der Waals surface area (Å²) in [6, 6.07) is 1.19. The van der Waals surface area contributed by atoms with Crippen LogP contribution in [-0.2, 0) is 9.59 Å². The zero-order chi connectivity index (χ0) is 16.9. The number of hydrogen-bond acceptors (Lipinski definition) is 8. The molecular weight excluding hydrogens is 308 g/mol. The van der Waals surface area contributed by atoms with Crippen molar-refractivity contribution >= 4 is 23.3 Å². The lowest BCUT2D eigenvalue weighted by atomic mass is 10.2. The largest absolute Gasteiger partial charge is 0.479 e. The van der Waals surface area contributed by atoms with Gasteiger partial charge in [-0.1, -0.05) is 0 Å². The molecule has 0 amide bonds. The molecule has 0 aliphatic heterocycles. The Labute approximate surface area is 120 Å². The zero-order valence-electron chi connectivity index (χ0n) is 10.6. The molecule has 0 aliphatic rings. The predicted molar refractivity (Wildman–Crippen MR) is 66.0 cm³/mol. The Balaban J connectivity index is 3.31. The van der Waals surface area contributed by atoms with Crippen molar-refractivity contribution in [2.45, 2.75) is 0 Å². The Bertz CT molecular complexity index is 586. The van der Waals surface area contributed by atoms with Crippen molar-refractivity contribution < 1.29 is 39.1 Å². The number of rotatable bonds is 8. The Morgan fingerprint density at radius 2 is 1.23 bits per heavy atom. The highest BCUT2D eigenvalue weighted by molar-refractivity contribution is 5.70. The molecule has 1 aromatic rings. The Hall–Kier alpha value is -3.44. The van der Waals surface area contributed by atoms with Gasteiger partial charge >= 0.3 is 23.3 Å². The van der Waals surface area contributed by atoms with E-state index in [0.29, 0.717) is 12.1 Å². The summed E-state index contributed by atoms with van der Waals surface area (Å²) in [6.07, 6.45) is 0. The molecule has 0 spiro atoms. The number of ether oxygens (including phenoxy) is 2. The molecule has 0 saturated carbocycles. The summed E-state index contributed by atoms with van der Waals surface area (Å²) in [5.41, 5.74) is -1.90. The maximum Gasteiger partial charge on any atom is 0.350 e. The molecule has 12 heteroatoms. The van der Waals surface area contributed by atoms with Gasteiger partial charge in [0.1, 0.15) is 0 Å². The second kappa shape index (κ2) is 6.83. The summed E-state index contributed by atoms with van der Waals surface area (Å²) in [4.78, 5) is 40.3. The van der Waals surface area contributed by atoms with E-state index in [1.807, 2.05) is 0 Å². The number of nitro groups is 2. The van der Waals surface area contributed by atoms with Gasteiger partial charge < -0.3 is 19.7 Å². The fourth-order valence-corrected chi connectivity index (χ4v) is 1.34. The third-order valence-electron chi connectivity index (χ3n) is 2.14. The fourth-order valence-electron chi connectivity index (χ4n) is 1.34. The molecular formula is C10H8N2O10. The first-order valence-electron chi connectivity index (χ1n) is 5.38. The quantitative estimate of drug-likeness (QED) is 0.504. The van der Waals surface area contributed by atoms with Crippen molar-refractivity contribution in [1.29, 1.82) is 0 Å². The van der Waals surface area contributed by atoms with Crippen LogP contribution in [0, 0.1) is 20.2 Å². The minimum atomic E-state index is -1.41. The van der Waals surface area contributed by atoms with E-state index >= 15 is 0 Å². The van der Waals surface area contributed by atoms with Gasteiger partial charge in [0.05, 0.1) is 22.0 Å². The van der Waals surface area contributed by atoms with Gasteiger partial charge in [0.15, 0.2) is 24.7 Å². The summed E-state index contributed by atoms with van der Waals surface area (Å²) >= 11 is 0. The second-order valence-corrected chi connectivity index (χ2v) is 3.67. The Kier molecular flexibility index (Phi) is 5.16. The van der Waals surface area contributed by atoms with Gasteiger partial charge in [-0.2, -0.15) is 0 Å². The van der Waals surface area contributed by atoms with E-state index in [2.05, 4.69) is 0 Å². The lowest BCUT2D eigenvalue weighted by Crippen LogP contribution is -2.13. The molecule has 12 nitrogen and oxygen atoms in total. The molecule has 22 heavy (non-hydrogen) atoms. The van der Waals surface area contributed by atoms with Gasteiger partial charge in [0.2, 0.25) is 0 Å². The summed E-state index contributed by atoms with van der Waals surface area (Å²) in [5.74, 6) is -3.82. The van der Waals surface area contributed by atoms with Crippen LogP contribution in [0.3, 0.4) is 0 Å². The third kappa shape index (κ3) is 4.29. The van der Waals surface area contributed by atoms with Gasteiger partial charge in [-0.25, -0.2) is 9.59 Å². The molecule has 0 bridgehead atoms. The lowest BCUT2D eigenvalue weighted by molar-refractivity contribution is -0.422. The van der Waals surface area contributed by atoms with E-state index in [4.69, 9.17) is 19.7 Å². The first-order chi connectivity index (χ1) is 10.2. The average molecular weight is 316 g/mol. The Morgan fingerprint density at radius 3 is 1.45 bits per heavy atom. The van der Waals surface area contributed by atoms with Gasteiger partial charge in [0.25, 0.3) is 0 Å². The first-order valence-corrected chi connectivity index (χ1v) is 5.38. The normalized spacial score (nSPS) is 9.82. The van der Waals surface area contributed by atoms with Gasteiger partial charge in [-0.15, -0.1) is 0 Å². The number of carboxylic acid groups (broad SMARTS) is 2. The average Bonchev–Trinajstić information content (AvgIpc) is 2.41. The number of aliphatic carboxylic acids is 2. The van der Waals surface area contributed by atoms with E-state index in [1.165, 1.54) is 0 Å². The number of carbonyl (C=O) groups is 2. The van der Waals surface area contributed by atoms with E-state index in [-0.39, 0.29) is 0 Å². The van der Waals surface area contributed by atoms with Crippen molar-refractivity contribution in [2.24, 2.45) is 0 Å². The van der Waals surface area contributed by atoms with E-state index in [0.717, 1.165) is 0 Å². The van der Waals surface area contributed by atoms with Crippen LogP contribution in [0.5, 0.6) is 11.5 Å². The molecule has 0 saturated heterocycles. The minimum Gasteiger partial charge on any atom is -0.479 e. The van der Waals surface area contributed by atoms with Gasteiger partial charge in [-0.3, -0.25) is 20.2 Å². The van der Waals surface area contributed by atoms with Crippen molar-refractivity contribution in [3.8, 4) is 11.5 Å². The summed E-state index contributed by atoms with van der Waals surface area (Å²) in [6.45, 7) is -1.81.